The number of nitrogens with zero attached hydrogens (tertiary/aromatic N) is 1. The van der Waals surface area contributed by atoms with Crippen LogP contribution in [0.2, 0.25) is 0 Å². The Morgan fingerprint density at radius 1 is 1.44 bits per heavy atom. The highest BCUT2D eigenvalue weighted by Crippen LogP contribution is 2.20. The molecule has 0 radical (unpaired) electrons. The smallest absolute Gasteiger partial charge is 0.305 e. The number of fused-ring (bicyclic) bond motifs is 1. The fraction of sp³-hybridized carbons (Fsp3) is 0.385. The number of oxazole rings is 1. The van der Waals surface area contributed by atoms with Crippen LogP contribution in [-0.4, -0.2) is 22.1 Å². The van der Waals surface area contributed by atoms with Crippen LogP contribution in [-0.2, 0) is 4.79 Å². The summed E-state index contributed by atoms with van der Waals surface area (Å²) in [4.78, 5) is 15.1. The van der Waals surface area contributed by atoms with Crippen molar-refractivity contribution in [3.8, 4) is 0 Å². The van der Waals surface area contributed by atoms with E-state index in [1.165, 1.54) is 0 Å². The SMILES string of the molecule is CC(C)C(CC(=O)O)Nc1nc2ccccc2o1. The van der Waals surface area contributed by atoms with Crippen LogP contribution in [0.3, 0.4) is 0 Å². The quantitative estimate of drug-likeness (QED) is 0.850. The topological polar surface area (TPSA) is 75.4 Å². The van der Waals surface area contributed by atoms with Crippen LogP contribution in [0.15, 0.2) is 28.7 Å². The van der Waals surface area contributed by atoms with Gasteiger partial charge in [-0.15, -0.1) is 0 Å². The zero-order valence-corrected chi connectivity index (χ0v) is 10.4. The van der Waals surface area contributed by atoms with Gasteiger partial charge in [-0.05, 0) is 18.1 Å². The highest BCUT2D eigenvalue weighted by atomic mass is 16.4. The van der Waals surface area contributed by atoms with Gasteiger partial charge in [-0.3, -0.25) is 4.79 Å². The van der Waals surface area contributed by atoms with Gasteiger partial charge in [0.15, 0.2) is 5.58 Å². The Morgan fingerprint density at radius 2 is 2.17 bits per heavy atom. The number of rotatable bonds is 5. The Labute approximate surface area is 105 Å². The van der Waals surface area contributed by atoms with Gasteiger partial charge in [-0.1, -0.05) is 26.0 Å². The summed E-state index contributed by atoms with van der Waals surface area (Å²) in [5.41, 5.74) is 1.45. The van der Waals surface area contributed by atoms with Crippen molar-refractivity contribution in [1.82, 2.24) is 4.98 Å². The van der Waals surface area contributed by atoms with Gasteiger partial charge in [0.2, 0.25) is 0 Å². The highest BCUT2D eigenvalue weighted by Gasteiger charge is 2.19. The maximum atomic E-state index is 10.8. The molecule has 0 bridgehead atoms. The monoisotopic (exact) mass is 248 g/mol. The van der Waals surface area contributed by atoms with Crippen molar-refractivity contribution in [3.63, 3.8) is 0 Å². The van der Waals surface area contributed by atoms with Gasteiger partial charge < -0.3 is 14.8 Å². The first-order valence-corrected chi connectivity index (χ1v) is 5.90. The number of para-hydroxylation sites is 2. The molecule has 2 rings (SSSR count). The van der Waals surface area contributed by atoms with E-state index in [-0.39, 0.29) is 18.4 Å². The largest absolute Gasteiger partial charge is 0.481 e. The lowest BCUT2D eigenvalue weighted by Gasteiger charge is -2.18. The number of aromatic nitrogens is 1. The van der Waals surface area contributed by atoms with E-state index in [0.717, 1.165) is 5.52 Å². The summed E-state index contributed by atoms with van der Waals surface area (Å²) in [6.07, 6.45) is 0.0381. The minimum absolute atomic E-state index is 0.0381. The number of hydrogen-bond donors (Lipinski definition) is 2. The van der Waals surface area contributed by atoms with Crippen molar-refractivity contribution in [2.45, 2.75) is 26.3 Å². The Morgan fingerprint density at radius 3 is 2.78 bits per heavy atom. The summed E-state index contributed by atoms with van der Waals surface area (Å²) in [5, 5.41) is 11.9. The number of nitrogens with one attached hydrogen (secondary N) is 1. The first-order chi connectivity index (χ1) is 8.56. The molecule has 1 heterocycles. The third-order valence-electron chi connectivity index (χ3n) is 2.80. The normalized spacial score (nSPS) is 12.8. The van der Waals surface area contributed by atoms with Crippen LogP contribution in [0.25, 0.3) is 11.1 Å². The number of carbonyl (C=O) groups is 1. The molecule has 0 saturated heterocycles. The molecular formula is C13H16N2O3. The van der Waals surface area contributed by atoms with Crippen LogP contribution >= 0.6 is 0 Å². The predicted octanol–water partition coefficient (Wildman–Crippen LogP) is 2.74. The van der Waals surface area contributed by atoms with E-state index < -0.39 is 5.97 Å². The third kappa shape index (κ3) is 2.80. The van der Waals surface area contributed by atoms with Gasteiger partial charge in [0.05, 0.1) is 6.42 Å². The minimum Gasteiger partial charge on any atom is -0.481 e. The summed E-state index contributed by atoms with van der Waals surface area (Å²) in [5.74, 6) is -0.659. The predicted molar refractivity (Wildman–Crippen MR) is 68.5 cm³/mol. The molecule has 96 valence electrons. The molecule has 0 saturated carbocycles. The molecule has 0 aliphatic carbocycles. The number of anilines is 1. The van der Waals surface area contributed by atoms with Crippen molar-refractivity contribution < 1.29 is 14.3 Å². The van der Waals surface area contributed by atoms with Crippen LogP contribution in [0, 0.1) is 5.92 Å². The molecule has 0 spiro atoms. The molecule has 0 aliphatic heterocycles. The maximum Gasteiger partial charge on any atom is 0.305 e. The molecule has 1 atom stereocenters. The standard InChI is InChI=1S/C13H16N2O3/c1-8(2)10(7-12(16)17)15-13-14-9-5-3-4-6-11(9)18-13/h3-6,8,10H,7H2,1-2H3,(H,14,15)(H,16,17). The van der Waals surface area contributed by atoms with E-state index in [0.29, 0.717) is 11.6 Å². The Bertz CT molecular complexity index is 515. The third-order valence-corrected chi connectivity index (χ3v) is 2.80. The molecule has 1 aromatic carbocycles. The molecule has 5 heteroatoms. The van der Waals surface area contributed by atoms with Gasteiger partial charge in [0, 0.05) is 6.04 Å². The second-order valence-electron chi connectivity index (χ2n) is 4.58. The van der Waals surface area contributed by atoms with Crippen molar-refractivity contribution in [2.75, 3.05) is 5.32 Å². The minimum atomic E-state index is -0.836. The summed E-state index contributed by atoms with van der Waals surface area (Å²) < 4.78 is 5.52. The van der Waals surface area contributed by atoms with E-state index in [9.17, 15) is 4.79 Å². The van der Waals surface area contributed by atoms with Gasteiger partial charge >= 0.3 is 5.97 Å². The van der Waals surface area contributed by atoms with Crippen LogP contribution in [0.5, 0.6) is 0 Å². The lowest BCUT2D eigenvalue weighted by Crippen LogP contribution is -2.28. The molecule has 1 unspecified atom stereocenters. The number of carboxylic acids is 1. The Balaban J connectivity index is 2.17. The highest BCUT2D eigenvalue weighted by molar-refractivity contribution is 5.74. The molecule has 2 aromatic rings. The van der Waals surface area contributed by atoms with Crippen molar-refractivity contribution in [2.24, 2.45) is 5.92 Å². The lowest BCUT2D eigenvalue weighted by molar-refractivity contribution is -0.137. The Kier molecular flexibility index (Phi) is 3.50. The zero-order chi connectivity index (χ0) is 13.1. The van der Waals surface area contributed by atoms with Gasteiger partial charge in [0.25, 0.3) is 6.01 Å². The van der Waals surface area contributed by atoms with Gasteiger partial charge in [-0.25, -0.2) is 0 Å². The first-order valence-electron chi connectivity index (χ1n) is 5.90. The number of carboxylic acid groups (broad SMARTS) is 1. The van der Waals surface area contributed by atoms with Crippen LogP contribution in [0.4, 0.5) is 6.01 Å². The molecule has 0 aliphatic rings. The van der Waals surface area contributed by atoms with E-state index in [1.807, 2.05) is 38.1 Å². The number of aliphatic carboxylic acids is 1. The Hall–Kier alpha value is -2.04. The first kappa shape index (κ1) is 12.4. The lowest BCUT2D eigenvalue weighted by atomic mass is 10.0. The maximum absolute atomic E-state index is 10.8. The molecule has 18 heavy (non-hydrogen) atoms. The summed E-state index contributed by atoms with van der Waals surface area (Å²) in [6, 6.07) is 7.60. The second-order valence-corrected chi connectivity index (χ2v) is 4.58. The van der Waals surface area contributed by atoms with E-state index in [2.05, 4.69) is 10.3 Å². The van der Waals surface area contributed by atoms with Crippen LogP contribution < -0.4 is 5.32 Å². The van der Waals surface area contributed by atoms with Gasteiger partial charge in [-0.2, -0.15) is 4.98 Å². The van der Waals surface area contributed by atoms with Crippen molar-refractivity contribution in [1.29, 1.82) is 0 Å². The fourth-order valence-corrected chi connectivity index (χ4v) is 1.73. The molecule has 0 fully saturated rings. The van der Waals surface area contributed by atoms with E-state index in [1.54, 1.807) is 0 Å². The average molecular weight is 248 g/mol. The van der Waals surface area contributed by atoms with Crippen molar-refractivity contribution in [3.05, 3.63) is 24.3 Å². The number of benzene rings is 1. The second kappa shape index (κ2) is 5.08. The fourth-order valence-electron chi connectivity index (χ4n) is 1.73. The van der Waals surface area contributed by atoms with Crippen molar-refractivity contribution >= 4 is 23.1 Å². The molecule has 0 amide bonds. The van der Waals surface area contributed by atoms with E-state index in [4.69, 9.17) is 9.52 Å². The van der Waals surface area contributed by atoms with E-state index >= 15 is 0 Å². The van der Waals surface area contributed by atoms with Crippen LogP contribution in [0.1, 0.15) is 20.3 Å². The average Bonchev–Trinajstić information content (AvgIpc) is 2.69. The number of hydrogen-bond acceptors (Lipinski definition) is 4. The molecular weight excluding hydrogens is 232 g/mol. The van der Waals surface area contributed by atoms with Gasteiger partial charge in [0.1, 0.15) is 5.52 Å². The molecule has 1 aromatic heterocycles. The summed E-state index contributed by atoms with van der Waals surface area (Å²) >= 11 is 0. The zero-order valence-electron chi connectivity index (χ0n) is 10.4. The molecule has 5 nitrogen and oxygen atoms in total. The summed E-state index contributed by atoms with van der Waals surface area (Å²) in [6.45, 7) is 3.92. The summed E-state index contributed by atoms with van der Waals surface area (Å²) in [7, 11) is 0. The molecule has 2 N–H and O–H groups in total.